The SMILES string of the molecule is O=C(NCCC(=O)N1CCCCCC1)C1CC(=O)N(c2ccc(Cl)cc2)C1. The molecular formula is C20H26ClN3O3. The molecule has 146 valence electrons. The van der Waals surface area contributed by atoms with Gasteiger partial charge in [-0.1, -0.05) is 24.4 Å². The number of carbonyl (C=O) groups excluding carboxylic acids is 3. The summed E-state index contributed by atoms with van der Waals surface area (Å²) in [6.07, 6.45) is 4.98. The van der Waals surface area contributed by atoms with E-state index >= 15 is 0 Å². The minimum Gasteiger partial charge on any atom is -0.355 e. The van der Waals surface area contributed by atoms with Crippen LogP contribution >= 0.6 is 11.6 Å². The average molecular weight is 392 g/mol. The van der Waals surface area contributed by atoms with Gasteiger partial charge in [-0.2, -0.15) is 0 Å². The predicted octanol–water partition coefficient (Wildman–Crippen LogP) is 2.60. The second-order valence-corrected chi connectivity index (χ2v) is 7.65. The van der Waals surface area contributed by atoms with Gasteiger partial charge in [0, 0.05) is 49.7 Å². The van der Waals surface area contributed by atoms with Gasteiger partial charge in [0.05, 0.1) is 5.92 Å². The van der Waals surface area contributed by atoms with Crippen LogP contribution in [0.25, 0.3) is 0 Å². The van der Waals surface area contributed by atoms with Crippen LogP contribution in [0.15, 0.2) is 24.3 Å². The Balaban J connectivity index is 1.45. The zero-order chi connectivity index (χ0) is 19.2. The molecule has 0 aliphatic carbocycles. The molecule has 7 heteroatoms. The lowest BCUT2D eigenvalue weighted by Gasteiger charge is -2.20. The molecule has 2 aliphatic heterocycles. The first-order valence-corrected chi connectivity index (χ1v) is 10.0. The molecule has 6 nitrogen and oxygen atoms in total. The Morgan fingerprint density at radius 2 is 1.74 bits per heavy atom. The molecule has 3 amide bonds. The normalized spacial score (nSPS) is 20.5. The molecule has 27 heavy (non-hydrogen) atoms. The molecule has 3 rings (SSSR count). The summed E-state index contributed by atoms with van der Waals surface area (Å²) in [5, 5.41) is 3.43. The molecule has 2 aliphatic rings. The van der Waals surface area contributed by atoms with E-state index < -0.39 is 0 Å². The molecule has 0 saturated carbocycles. The third-order valence-corrected chi connectivity index (χ3v) is 5.48. The van der Waals surface area contributed by atoms with Gasteiger partial charge >= 0.3 is 0 Å². The zero-order valence-electron chi connectivity index (χ0n) is 15.5. The monoisotopic (exact) mass is 391 g/mol. The fourth-order valence-electron chi connectivity index (χ4n) is 3.67. The summed E-state index contributed by atoms with van der Waals surface area (Å²) in [6.45, 7) is 2.31. The van der Waals surface area contributed by atoms with Crippen molar-refractivity contribution in [2.75, 3.05) is 31.1 Å². The molecule has 1 aromatic rings. The van der Waals surface area contributed by atoms with Crippen molar-refractivity contribution in [1.82, 2.24) is 10.2 Å². The first-order chi connectivity index (χ1) is 13.0. The van der Waals surface area contributed by atoms with E-state index in [1.165, 1.54) is 12.8 Å². The molecule has 1 aromatic carbocycles. The lowest BCUT2D eigenvalue weighted by molar-refractivity contribution is -0.131. The van der Waals surface area contributed by atoms with Crippen LogP contribution in [0.1, 0.15) is 38.5 Å². The smallest absolute Gasteiger partial charge is 0.227 e. The summed E-state index contributed by atoms with van der Waals surface area (Å²) in [5.74, 6) is -0.523. The number of carbonyl (C=O) groups is 3. The molecule has 1 unspecified atom stereocenters. The van der Waals surface area contributed by atoms with Crippen LogP contribution < -0.4 is 10.2 Å². The van der Waals surface area contributed by atoms with Crippen molar-refractivity contribution < 1.29 is 14.4 Å². The second kappa shape index (κ2) is 9.22. The maximum atomic E-state index is 12.4. The van der Waals surface area contributed by atoms with Crippen molar-refractivity contribution >= 4 is 35.0 Å². The number of hydrogen-bond donors (Lipinski definition) is 1. The van der Waals surface area contributed by atoms with Crippen LogP contribution in [0.4, 0.5) is 5.69 Å². The largest absolute Gasteiger partial charge is 0.355 e. The fraction of sp³-hybridized carbons (Fsp3) is 0.550. The standard InChI is InChI=1S/C20H26ClN3O3/c21-16-5-7-17(8-6-16)24-14-15(13-19(24)26)20(27)22-10-9-18(25)23-11-3-1-2-4-12-23/h5-8,15H,1-4,9-14H2,(H,22,27). The van der Waals surface area contributed by atoms with Crippen molar-refractivity contribution in [2.45, 2.75) is 38.5 Å². The minimum absolute atomic E-state index is 0.0712. The lowest BCUT2D eigenvalue weighted by atomic mass is 10.1. The topological polar surface area (TPSA) is 69.7 Å². The van der Waals surface area contributed by atoms with E-state index in [-0.39, 0.29) is 30.1 Å². The Kier molecular flexibility index (Phi) is 6.72. The highest BCUT2D eigenvalue weighted by Crippen LogP contribution is 2.26. The van der Waals surface area contributed by atoms with Crippen LogP contribution in [0.3, 0.4) is 0 Å². The minimum atomic E-state index is -0.388. The van der Waals surface area contributed by atoms with Crippen molar-refractivity contribution in [3.05, 3.63) is 29.3 Å². The van der Waals surface area contributed by atoms with E-state index in [1.54, 1.807) is 29.2 Å². The van der Waals surface area contributed by atoms with Crippen molar-refractivity contribution in [2.24, 2.45) is 5.92 Å². The highest BCUT2D eigenvalue weighted by atomic mass is 35.5. The van der Waals surface area contributed by atoms with Gasteiger partial charge in [0.2, 0.25) is 17.7 Å². The van der Waals surface area contributed by atoms with E-state index in [9.17, 15) is 14.4 Å². The maximum absolute atomic E-state index is 12.4. The Morgan fingerprint density at radius 3 is 2.41 bits per heavy atom. The van der Waals surface area contributed by atoms with Crippen LogP contribution in [0.2, 0.25) is 5.02 Å². The molecule has 2 fully saturated rings. The van der Waals surface area contributed by atoms with Crippen LogP contribution in [-0.4, -0.2) is 48.8 Å². The van der Waals surface area contributed by atoms with Crippen molar-refractivity contribution in [3.8, 4) is 0 Å². The van der Waals surface area contributed by atoms with Crippen LogP contribution in [-0.2, 0) is 14.4 Å². The Hall–Kier alpha value is -2.08. The summed E-state index contributed by atoms with van der Waals surface area (Å²) >= 11 is 5.88. The highest BCUT2D eigenvalue weighted by molar-refractivity contribution is 6.30. The van der Waals surface area contributed by atoms with Gasteiger partial charge < -0.3 is 15.1 Å². The third kappa shape index (κ3) is 5.22. The maximum Gasteiger partial charge on any atom is 0.227 e. The molecule has 2 heterocycles. The summed E-state index contributed by atoms with van der Waals surface area (Å²) in [7, 11) is 0. The van der Waals surface area contributed by atoms with Crippen molar-refractivity contribution in [1.29, 1.82) is 0 Å². The quantitative estimate of drug-likeness (QED) is 0.838. The van der Waals surface area contributed by atoms with Crippen molar-refractivity contribution in [3.63, 3.8) is 0 Å². The van der Waals surface area contributed by atoms with E-state index in [0.717, 1.165) is 31.6 Å². The number of anilines is 1. The van der Waals surface area contributed by atoms with Gasteiger partial charge in [-0.3, -0.25) is 14.4 Å². The summed E-state index contributed by atoms with van der Waals surface area (Å²) in [5.41, 5.74) is 0.746. The predicted molar refractivity (Wildman–Crippen MR) is 105 cm³/mol. The molecule has 2 saturated heterocycles. The van der Waals surface area contributed by atoms with Gasteiger partial charge in [0.15, 0.2) is 0 Å². The highest BCUT2D eigenvalue weighted by Gasteiger charge is 2.35. The van der Waals surface area contributed by atoms with Gasteiger partial charge in [-0.15, -0.1) is 0 Å². The average Bonchev–Trinajstić information content (AvgIpc) is 2.87. The summed E-state index contributed by atoms with van der Waals surface area (Å²) in [4.78, 5) is 40.4. The molecular weight excluding hydrogens is 366 g/mol. The number of hydrogen-bond acceptors (Lipinski definition) is 3. The molecule has 0 bridgehead atoms. The van der Waals surface area contributed by atoms with Gasteiger partial charge in [0.1, 0.15) is 0 Å². The Labute approximate surface area is 164 Å². The van der Waals surface area contributed by atoms with E-state index in [4.69, 9.17) is 11.6 Å². The molecule has 0 spiro atoms. The van der Waals surface area contributed by atoms with Gasteiger partial charge in [-0.25, -0.2) is 0 Å². The number of amides is 3. The number of benzene rings is 1. The van der Waals surface area contributed by atoms with E-state index in [0.29, 0.717) is 24.5 Å². The number of likely N-dealkylation sites (tertiary alicyclic amines) is 1. The number of halogens is 1. The number of nitrogens with zero attached hydrogens (tertiary/aromatic N) is 2. The van der Waals surface area contributed by atoms with Gasteiger partial charge in [-0.05, 0) is 37.1 Å². The lowest BCUT2D eigenvalue weighted by Crippen LogP contribution is -2.37. The molecule has 1 N–H and O–H groups in total. The first kappa shape index (κ1) is 19.7. The number of rotatable bonds is 5. The van der Waals surface area contributed by atoms with Crippen LogP contribution in [0, 0.1) is 5.92 Å². The zero-order valence-corrected chi connectivity index (χ0v) is 16.2. The third-order valence-electron chi connectivity index (χ3n) is 5.23. The number of nitrogens with one attached hydrogen (secondary N) is 1. The molecule has 0 aromatic heterocycles. The molecule has 1 atom stereocenters. The molecule has 0 radical (unpaired) electrons. The fourth-order valence-corrected chi connectivity index (χ4v) is 3.79. The van der Waals surface area contributed by atoms with Gasteiger partial charge in [0.25, 0.3) is 0 Å². The Morgan fingerprint density at radius 1 is 1.07 bits per heavy atom. The van der Waals surface area contributed by atoms with E-state index in [1.807, 2.05) is 4.90 Å². The first-order valence-electron chi connectivity index (χ1n) is 9.66. The van der Waals surface area contributed by atoms with E-state index in [2.05, 4.69) is 5.32 Å². The van der Waals surface area contributed by atoms with Crippen LogP contribution in [0.5, 0.6) is 0 Å². The Bertz CT molecular complexity index is 684. The second-order valence-electron chi connectivity index (χ2n) is 7.22. The summed E-state index contributed by atoms with van der Waals surface area (Å²) < 4.78 is 0. The summed E-state index contributed by atoms with van der Waals surface area (Å²) in [6, 6.07) is 7.01.